The fraction of sp³-hybridized carbons (Fsp3) is 0.440. The predicted molar refractivity (Wildman–Crippen MR) is 132 cm³/mol. The highest BCUT2D eigenvalue weighted by atomic mass is 16.2. The molecule has 2 fully saturated rings. The molecule has 0 atom stereocenters. The molecule has 9 heteroatoms. The molecule has 4 heterocycles. The molecule has 1 aromatic carbocycles. The maximum atomic E-state index is 12.8. The van der Waals surface area contributed by atoms with Gasteiger partial charge in [-0.05, 0) is 37.5 Å². The molecule has 5 rings (SSSR count). The number of carbonyl (C=O) groups excluding carboxylic acids is 1. The topological polar surface area (TPSA) is 97.5 Å². The van der Waals surface area contributed by atoms with E-state index in [0.29, 0.717) is 42.9 Å². The Kier molecular flexibility index (Phi) is 6.71. The number of nitrogens with zero attached hydrogens (tertiary/aromatic N) is 5. The minimum absolute atomic E-state index is 0.0506. The summed E-state index contributed by atoms with van der Waals surface area (Å²) in [6.45, 7) is 5.82. The van der Waals surface area contributed by atoms with Crippen LogP contribution in [0, 0.1) is 0 Å². The summed E-state index contributed by atoms with van der Waals surface area (Å²) in [5, 5.41) is 3.68. The summed E-state index contributed by atoms with van der Waals surface area (Å²) in [4.78, 5) is 43.6. The number of rotatable bonds is 5. The number of amides is 2. The van der Waals surface area contributed by atoms with Crippen molar-refractivity contribution in [1.82, 2.24) is 30.1 Å². The second-order valence-electron chi connectivity index (χ2n) is 8.99. The van der Waals surface area contributed by atoms with Gasteiger partial charge in [-0.3, -0.25) is 9.69 Å². The Hall–Kier alpha value is -3.46. The van der Waals surface area contributed by atoms with Gasteiger partial charge in [0.25, 0.3) is 5.56 Å². The van der Waals surface area contributed by atoms with Crippen molar-refractivity contribution >= 4 is 22.8 Å². The number of carbonyl (C=O) groups is 1. The van der Waals surface area contributed by atoms with E-state index >= 15 is 0 Å². The Morgan fingerprint density at radius 3 is 2.59 bits per heavy atom. The standard InChI is InChI=1S/C25H31N7O2/c33-24-20-8-2-3-9-21(20)28-22(29-24)18-30-13-15-32(16-14-30)25(34)27-17-19-7-6-10-26-23(19)31-11-4-1-5-12-31/h2-3,6-10H,1,4-5,11-18H2,(H,27,34)(H,28,29,33). The van der Waals surface area contributed by atoms with E-state index in [1.165, 1.54) is 19.3 Å². The van der Waals surface area contributed by atoms with Gasteiger partial charge in [-0.2, -0.15) is 0 Å². The van der Waals surface area contributed by atoms with Crippen LogP contribution >= 0.6 is 0 Å². The number of urea groups is 1. The number of aromatic nitrogens is 3. The van der Waals surface area contributed by atoms with Gasteiger partial charge in [-0.25, -0.2) is 14.8 Å². The number of hydrogen-bond donors (Lipinski definition) is 2. The van der Waals surface area contributed by atoms with Crippen LogP contribution in [0.25, 0.3) is 10.9 Å². The number of pyridine rings is 1. The third-order valence-electron chi connectivity index (χ3n) is 6.65. The van der Waals surface area contributed by atoms with Crippen LogP contribution in [0.4, 0.5) is 10.6 Å². The van der Waals surface area contributed by atoms with Crippen molar-refractivity contribution in [2.75, 3.05) is 44.2 Å². The number of piperidine rings is 1. The number of fused-ring (bicyclic) bond motifs is 1. The summed E-state index contributed by atoms with van der Waals surface area (Å²) < 4.78 is 0. The Balaban J connectivity index is 1.14. The molecule has 0 aliphatic carbocycles. The van der Waals surface area contributed by atoms with Crippen molar-refractivity contribution in [3.05, 3.63) is 64.3 Å². The Bertz CT molecular complexity index is 1200. The summed E-state index contributed by atoms with van der Waals surface area (Å²) in [5.74, 6) is 1.65. The minimum atomic E-state index is -0.113. The summed E-state index contributed by atoms with van der Waals surface area (Å²) in [6, 6.07) is 11.3. The molecule has 2 aliphatic rings. The van der Waals surface area contributed by atoms with Crippen molar-refractivity contribution in [1.29, 1.82) is 0 Å². The molecule has 2 saturated heterocycles. The Morgan fingerprint density at radius 2 is 1.76 bits per heavy atom. The van der Waals surface area contributed by atoms with E-state index in [1.54, 1.807) is 6.07 Å². The Morgan fingerprint density at radius 1 is 0.971 bits per heavy atom. The van der Waals surface area contributed by atoms with Crippen LogP contribution in [0.3, 0.4) is 0 Å². The molecule has 0 unspecified atom stereocenters. The van der Waals surface area contributed by atoms with Crippen molar-refractivity contribution in [2.24, 2.45) is 0 Å². The number of piperazine rings is 1. The molecule has 0 saturated carbocycles. The summed E-state index contributed by atoms with van der Waals surface area (Å²) in [5.41, 5.74) is 1.65. The zero-order valence-corrected chi connectivity index (χ0v) is 19.4. The van der Waals surface area contributed by atoms with E-state index < -0.39 is 0 Å². The number of hydrogen-bond acceptors (Lipinski definition) is 6. The van der Waals surface area contributed by atoms with E-state index in [2.05, 4.69) is 30.1 Å². The normalized spacial score (nSPS) is 17.2. The van der Waals surface area contributed by atoms with Crippen LogP contribution in [0.2, 0.25) is 0 Å². The molecular formula is C25H31N7O2. The predicted octanol–water partition coefficient (Wildman–Crippen LogP) is 2.34. The second kappa shape index (κ2) is 10.2. The quantitative estimate of drug-likeness (QED) is 0.605. The number of benzene rings is 1. The largest absolute Gasteiger partial charge is 0.356 e. The number of anilines is 1. The molecule has 2 amide bonds. The highest BCUT2D eigenvalue weighted by Gasteiger charge is 2.22. The molecule has 178 valence electrons. The monoisotopic (exact) mass is 461 g/mol. The molecule has 2 aliphatic heterocycles. The Labute approximate surface area is 198 Å². The fourth-order valence-corrected chi connectivity index (χ4v) is 4.77. The van der Waals surface area contributed by atoms with E-state index in [9.17, 15) is 9.59 Å². The van der Waals surface area contributed by atoms with Crippen molar-refractivity contribution in [3.8, 4) is 0 Å². The van der Waals surface area contributed by atoms with Gasteiger partial charge in [0, 0.05) is 57.6 Å². The zero-order valence-electron chi connectivity index (χ0n) is 19.4. The van der Waals surface area contributed by atoms with Crippen LogP contribution in [-0.4, -0.2) is 70.1 Å². The number of aromatic amines is 1. The number of para-hydroxylation sites is 1. The van der Waals surface area contributed by atoms with Gasteiger partial charge in [-0.1, -0.05) is 18.2 Å². The summed E-state index contributed by atoms with van der Waals surface area (Å²) in [7, 11) is 0. The van der Waals surface area contributed by atoms with Crippen LogP contribution in [-0.2, 0) is 13.1 Å². The molecule has 0 spiro atoms. The molecule has 34 heavy (non-hydrogen) atoms. The first-order valence-corrected chi connectivity index (χ1v) is 12.1. The first-order valence-electron chi connectivity index (χ1n) is 12.1. The molecule has 3 aromatic rings. The lowest BCUT2D eigenvalue weighted by Gasteiger charge is -2.34. The molecule has 0 radical (unpaired) electrons. The third-order valence-corrected chi connectivity index (χ3v) is 6.65. The minimum Gasteiger partial charge on any atom is -0.356 e. The number of H-pyrrole nitrogens is 1. The third kappa shape index (κ3) is 5.04. The maximum Gasteiger partial charge on any atom is 0.317 e. The average molecular weight is 462 g/mol. The average Bonchev–Trinajstić information content (AvgIpc) is 2.88. The van der Waals surface area contributed by atoms with Gasteiger partial charge < -0.3 is 20.1 Å². The maximum absolute atomic E-state index is 12.8. The van der Waals surface area contributed by atoms with Gasteiger partial charge in [0.1, 0.15) is 11.6 Å². The molecule has 2 aromatic heterocycles. The van der Waals surface area contributed by atoms with E-state index in [4.69, 9.17) is 0 Å². The highest BCUT2D eigenvalue weighted by molar-refractivity contribution is 5.77. The first kappa shape index (κ1) is 22.3. The van der Waals surface area contributed by atoms with Crippen LogP contribution in [0.1, 0.15) is 30.7 Å². The fourth-order valence-electron chi connectivity index (χ4n) is 4.77. The highest BCUT2D eigenvalue weighted by Crippen LogP contribution is 2.21. The second-order valence-corrected chi connectivity index (χ2v) is 8.99. The van der Waals surface area contributed by atoms with E-state index in [1.807, 2.05) is 41.4 Å². The van der Waals surface area contributed by atoms with Crippen LogP contribution < -0.4 is 15.8 Å². The number of nitrogens with one attached hydrogen (secondary N) is 2. The summed E-state index contributed by atoms with van der Waals surface area (Å²) >= 11 is 0. The van der Waals surface area contributed by atoms with Crippen molar-refractivity contribution in [2.45, 2.75) is 32.4 Å². The lowest BCUT2D eigenvalue weighted by Crippen LogP contribution is -2.51. The van der Waals surface area contributed by atoms with Gasteiger partial charge in [0.2, 0.25) is 0 Å². The zero-order chi connectivity index (χ0) is 23.3. The molecular weight excluding hydrogens is 430 g/mol. The van der Waals surface area contributed by atoms with Crippen LogP contribution in [0.15, 0.2) is 47.4 Å². The smallest absolute Gasteiger partial charge is 0.317 e. The van der Waals surface area contributed by atoms with Crippen LogP contribution in [0.5, 0.6) is 0 Å². The van der Waals surface area contributed by atoms with E-state index in [0.717, 1.165) is 37.6 Å². The lowest BCUT2D eigenvalue weighted by atomic mass is 10.1. The SMILES string of the molecule is O=C(NCc1cccnc1N1CCCCC1)N1CCN(Cc2nc3ccccc3c(=O)[nH]2)CC1. The molecule has 2 N–H and O–H groups in total. The molecule has 0 bridgehead atoms. The summed E-state index contributed by atoms with van der Waals surface area (Å²) in [6.07, 6.45) is 5.48. The van der Waals surface area contributed by atoms with Crippen molar-refractivity contribution < 1.29 is 4.79 Å². The van der Waals surface area contributed by atoms with Gasteiger partial charge >= 0.3 is 6.03 Å². The van der Waals surface area contributed by atoms with Gasteiger partial charge in [-0.15, -0.1) is 0 Å². The van der Waals surface area contributed by atoms with E-state index in [-0.39, 0.29) is 11.6 Å². The van der Waals surface area contributed by atoms with Crippen molar-refractivity contribution in [3.63, 3.8) is 0 Å². The van der Waals surface area contributed by atoms with Gasteiger partial charge in [0.15, 0.2) is 0 Å². The lowest BCUT2D eigenvalue weighted by molar-refractivity contribution is 0.133. The first-order chi connectivity index (χ1) is 16.7. The molecule has 9 nitrogen and oxygen atoms in total. The van der Waals surface area contributed by atoms with Gasteiger partial charge in [0.05, 0.1) is 17.4 Å².